The lowest BCUT2D eigenvalue weighted by atomic mass is 10.1. The molecule has 5 nitrogen and oxygen atoms in total. The van der Waals surface area contributed by atoms with Crippen LogP contribution in [0.3, 0.4) is 0 Å². The number of rotatable bonds is 3. The number of aliphatic hydroxyl groups is 1. The first-order chi connectivity index (χ1) is 8.70. The van der Waals surface area contributed by atoms with Crippen LogP contribution in [0.15, 0.2) is 0 Å². The van der Waals surface area contributed by atoms with Gasteiger partial charge in [0, 0.05) is 6.54 Å². The minimum atomic E-state index is -0.414. The lowest BCUT2D eigenvalue weighted by molar-refractivity contribution is -0.133. The maximum absolute atomic E-state index is 12.0. The topological polar surface area (TPSA) is 84.6 Å². The van der Waals surface area contributed by atoms with Crippen molar-refractivity contribution in [1.29, 1.82) is 0 Å². The molecule has 104 valence electrons. The molecule has 0 aromatic rings. The van der Waals surface area contributed by atoms with Gasteiger partial charge in [-0.05, 0) is 25.7 Å². The summed E-state index contributed by atoms with van der Waals surface area (Å²) in [6.07, 6.45) is 5.69. The molecule has 0 aromatic heterocycles. The van der Waals surface area contributed by atoms with E-state index in [0.717, 1.165) is 44.9 Å². The zero-order valence-corrected chi connectivity index (χ0v) is 10.8. The van der Waals surface area contributed by atoms with Gasteiger partial charge in [-0.3, -0.25) is 4.79 Å². The second-order valence-corrected chi connectivity index (χ2v) is 5.38. The van der Waals surface area contributed by atoms with Gasteiger partial charge in [-0.2, -0.15) is 0 Å². The maximum atomic E-state index is 12.0. The van der Waals surface area contributed by atoms with Crippen LogP contribution in [0, 0.1) is 0 Å². The van der Waals surface area contributed by atoms with Gasteiger partial charge in [0.1, 0.15) is 6.10 Å². The minimum absolute atomic E-state index is 0.0137. The second kappa shape index (κ2) is 6.50. The largest absolute Gasteiger partial charge is 0.391 e. The van der Waals surface area contributed by atoms with E-state index in [0.29, 0.717) is 6.54 Å². The van der Waals surface area contributed by atoms with Crippen molar-refractivity contribution in [3.63, 3.8) is 0 Å². The molecule has 0 aromatic carbocycles. The first-order valence-corrected chi connectivity index (χ1v) is 7.04. The summed E-state index contributed by atoms with van der Waals surface area (Å²) in [6.45, 7) is 0.468. The van der Waals surface area contributed by atoms with E-state index in [1.165, 1.54) is 0 Å². The molecule has 1 aliphatic carbocycles. The third kappa shape index (κ3) is 3.43. The van der Waals surface area contributed by atoms with Crippen LogP contribution in [0.2, 0.25) is 0 Å². The third-order valence-electron chi connectivity index (χ3n) is 3.97. The maximum Gasteiger partial charge on any atom is 0.249 e. The van der Waals surface area contributed by atoms with Crippen molar-refractivity contribution < 1.29 is 14.6 Å². The van der Waals surface area contributed by atoms with Gasteiger partial charge >= 0.3 is 0 Å². The zero-order chi connectivity index (χ0) is 13.0. The van der Waals surface area contributed by atoms with Crippen LogP contribution in [0.1, 0.15) is 44.9 Å². The monoisotopic (exact) mass is 256 g/mol. The number of nitrogens with one attached hydrogen (secondary N) is 1. The highest BCUT2D eigenvalue weighted by Gasteiger charge is 2.32. The second-order valence-electron chi connectivity index (χ2n) is 5.38. The Kier molecular flexibility index (Phi) is 4.97. The number of hydrogen-bond acceptors (Lipinski definition) is 4. The molecule has 1 heterocycles. The molecule has 2 rings (SSSR count). The van der Waals surface area contributed by atoms with Crippen LogP contribution in [0.25, 0.3) is 0 Å². The van der Waals surface area contributed by atoms with Crippen molar-refractivity contribution >= 4 is 5.91 Å². The van der Waals surface area contributed by atoms with Crippen LogP contribution >= 0.6 is 0 Å². The van der Waals surface area contributed by atoms with Crippen molar-refractivity contribution in [2.45, 2.75) is 69.3 Å². The molecule has 2 fully saturated rings. The summed E-state index contributed by atoms with van der Waals surface area (Å²) in [5.41, 5.74) is 5.53. The van der Waals surface area contributed by atoms with Gasteiger partial charge in [-0.15, -0.1) is 0 Å². The summed E-state index contributed by atoms with van der Waals surface area (Å²) in [4.78, 5) is 12.0. The average Bonchev–Trinajstić information content (AvgIpc) is 2.77. The molecule has 4 N–H and O–H groups in total. The summed E-state index contributed by atoms with van der Waals surface area (Å²) in [7, 11) is 0. The number of ether oxygens (including phenoxy) is 1. The number of nitrogens with two attached hydrogens (primary N) is 1. The summed E-state index contributed by atoms with van der Waals surface area (Å²) in [5.74, 6) is -0.0862. The van der Waals surface area contributed by atoms with Crippen LogP contribution < -0.4 is 11.1 Å². The standard InChI is InChI=1S/C13H24N2O3/c14-8-9-6-7-12(18-9)13(17)15-10-4-2-1-3-5-11(10)16/h9-12,16H,1-8,14H2,(H,15,17). The van der Waals surface area contributed by atoms with Crippen molar-refractivity contribution in [2.75, 3.05) is 6.54 Å². The van der Waals surface area contributed by atoms with E-state index in [2.05, 4.69) is 5.32 Å². The van der Waals surface area contributed by atoms with Crippen molar-refractivity contribution in [3.05, 3.63) is 0 Å². The minimum Gasteiger partial charge on any atom is -0.391 e. The van der Waals surface area contributed by atoms with E-state index in [9.17, 15) is 9.90 Å². The Balaban J connectivity index is 1.82. The lowest BCUT2D eigenvalue weighted by Crippen LogP contribution is -2.47. The van der Waals surface area contributed by atoms with Crippen LogP contribution in [0.5, 0.6) is 0 Å². The van der Waals surface area contributed by atoms with Crippen molar-refractivity contribution in [1.82, 2.24) is 5.32 Å². The molecule has 18 heavy (non-hydrogen) atoms. The fourth-order valence-electron chi connectivity index (χ4n) is 2.80. The predicted molar refractivity (Wildman–Crippen MR) is 68.0 cm³/mol. The smallest absolute Gasteiger partial charge is 0.249 e. The van der Waals surface area contributed by atoms with Crippen molar-refractivity contribution in [2.24, 2.45) is 5.73 Å². The van der Waals surface area contributed by atoms with Crippen LogP contribution in [-0.4, -0.2) is 41.9 Å². The van der Waals surface area contributed by atoms with E-state index >= 15 is 0 Å². The molecule has 0 spiro atoms. The Hall–Kier alpha value is -0.650. The summed E-state index contributed by atoms with van der Waals surface area (Å²) >= 11 is 0. The Bertz CT molecular complexity index is 285. The fraction of sp³-hybridized carbons (Fsp3) is 0.923. The van der Waals surface area contributed by atoms with E-state index in [-0.39, 0.29) is 24.2 Å². The number of aliphatic hydroxyl groups excluding tert-OH is 1. The molecule has 1 aliphatic heterocycles. The molecule has 1 saturated heterocycles. The molecule has 4 unspecified atom stereocenters. The van der Waals surface area contributed by atoms with Crippen LogP contribution in [-0.2, 0) is 9.53 Å². The molecule has 0 radical (unpaired) electrons. The lowest BCUT2D eigenvalue weighted by Gasteiger charge is -2.23. The SMILES string of the molecule is NCC1CCC(C(=O)NC2CCCCCC2O)O1. The number of amides is 1. The molecule has 4 atom stereocenters. The number of carbonyl (C=O) groups excluding carboxylic acids is 1. The van der Waals surface area contributed by atoms with E-state index in [1.54, 1.807) is 0 Å². The fourth-order valence-corrected chi connectivity index (χ4v) is 2.80. The molecule has 2 aliphatic rings. The molecule has 1 saturated carbocycles. The Morgan fingerprint density at radius 2 is 2.00 bits per heavy atom. The van der Waals surface area contributed by atoms with Gasteiger partial charge < -0.3 is 20.9 Å². The molecular formula is C13H24N2O3. The summed E-state index contributed by atoms with van der Waals surface area (Å²) < 4.78 is 5.56. The number of hydrogen-bond donors (Lipinski definition) is 3. The summed E-state index contributed by atoms with van der Waals surface area (Å²) in [6, 6.07) is -0.111. The average molecular weight is 256 g/mol. The molecule has 1 amide bonds. The quantitative estimate of drug-likeness (QED) is 0.634. The normalized spacial score (nSPS) is 37.2. The Morgan fingerprint density at radius 1 is 1.22 bits per heavy atom. The van der Waals surface area contributed by atoms with Crippen molar-refractivity contribution in [3.8, 4) is 0 Å². The highest BCUT2D eigenvalue weighted by molar-refractivity contribution is 5.81. The zero-order valence-electron chi connectivity index (χ0n) is 10.8. The molecule has 0 bridgehead atoms. The van der Waals surface area contributed by atoms with E-state index in [1.807, 2.05) is 0 Å². The predicted octanol–water partition coefficient (Wildman–Crippen LogP) is 0.302. The van der Waals surface area contributed by atoms with E-state index in [4.69, 9.17) is 10.5 Å². The third-order valence-corrected chi connectivity index (χ3v) is 3.97. The molecule has 5 heteroatoms. The van der Waals surface area contributed by atoms with Gasteiger partial charge in [-0.25, -0.2) is 0 Å². The van der Waals surface area contributed by atoms with Gasteiger partial charge in [0.2, 0.25) is 5.91 Å². The van der Waals surface area contributed by atoms with E-state index < -0.39 is 6.10 Å². The summed E-state index contributed by atoms with van der Waals surface area (Å²) in [5, 5.41) is 12.9. The van der Waals surface area contributed by atoms with Gasteiger partial charge in [0.25, 0.3) is 0 Å². The van der Waals surface area contributed by atoms with Gasteiger partial charge in [-0.1, -0.05) is 19.3 Å². The van der Waals surface area contributed by atoms with Crippen LogP contribution in [0.4, 0.5) is 0 Å². The first-order valence-electron chi connectivity index (χ1n) is 7.04. The molecular weight excluding hydrogens is 232 g/mol. The van der Waals surface area contributed by atoms with Gasteiger partial charge in [0.05, 0.1) is 18.2 Å². The number of carbonyl (C=O) groups is 1. The Labute approximate surface area is 108 Å². The van der Waals surface area contributed by atoms with Gasteiger partial charge in [0.15, 0.2) is 0 Å². The Morgan fingerprint density at radius 3 is 2.72 bits per heavy atom. The first kappa shape index (κ1) is 13.8. The highest BCUT2D eigenvalue weighted by atomic mass is 16.5. The highest BCUT2D eigenvalue weighted by Crippen LogP contribution is 2.21.